The van der Waals surface area contributed by atoms with Crippen molar-refractivity contribution in [3.05, 3.63) is 65.7 Å². The highest BCUT2D eigenvalue weighted by Crippen LogP contribution is 2.70. The van der Waals surface area contributed by atoms with Gasteiger partial charge < -0.3 is 9.47 Å². The summed E-state index contributed by atoms with van der Waals surface area (Å²) in [6.07, 6.45) is 0. The van der Waals surface area contributed by atoms with Crippen molar-refractivity contribution in [1.82, 2.24) is 0 Å². The van der Waals surface area contributed by atoms with E-state index in [9.17, 15) is 14.4 Å². The highest BCUT2D eigenvalue weighted by Gasteiger charge is 2.81. The second kappa shape index (κ2) is 5.03. The van der Waals surface area contributed by atoms with Gasteiger partial charge in [0.05, 0.1) is 13.0 Å². The highest BCUT2D eigenvalue weighted by molar-refractivity contribution is 6.17. The summed E-state index contributed by atoms with van der Waals surface area (Å²) in [5.41, 5.74) is -0.419. The minimum atomic E-state index is -1.57. The summed E-state index contributed by atoms with van der Waals surface area (Å²) in [5.74, 6) is -2.64. The number of hydrogen-bond donors (Lipinski definition) is 0. The Morgan fingerprint density at radius 3 is 2.42 bits per heavy atom. The number of benzene rings is 2. The van der Waals surface area contributed by atoms with Gasteiger partial charge in [0, 0.05) is 17.0 Å². The van der Waals surface area contributed by atoms with Crippen LogP contribution in [-0.4, -0.2) is 24.8 Å². The smallest absolute Gasteiger partial charge is 0.330 e. The molecule has 0 saturated heterocycles. The van der Waals surface area contributed by atoms with E-state index in [1.54, 1.807) is 54.6 Å². The Morgan fingerprint density at radius 1 is 1.04 bits per heavy atom. The zero-order valence-corrected chi connectivity index (χ0v) is 12.9. The topological polar surface area (TPSA) is 69.7 Å². The summed E-state index contributed by atoms with van der Waals surface area (Å²) >= 11 is 0. The molecule has 2 aromatic carbocycles. The number of fused-ring (bicyclic) bond motifs is 3. The molecule has 5 nitrogen and oxygen atoms in total. The van der Waals surface area contributed by atoms with E-state index < -0.39 is 29.2 Å². The third-order valence-corrected chi connectivity index (χ3v) is 4.86. The van der Waals surface area contributed by atoms with E-state index in [2.05, 4.69) is 0 Å². The molecule has 0 unspecified atom stereocenters. The summed E-state index contributed by atoms with van der Waals surface area (Å²) in [7, 11) is 1.21. The lowest BCUT2D eigenvalue weighted by atomic mass is 9.95. The van der Waals surface area contributed by atoms with Crippen LogP contribution in [0.3, 0.4) is 0 Å². The molecule has 0 radical (unpaired) electrons. The average Bonchev–Trinajstić information content (AvgIpc) is 3.33. The maximum Gasteiger partial charge on any atom is 0.330 e. The van der Waals surface area contributed by atoms with Crippen LogP contribution in [0.5, 0.6) is 5.75 Å². The minimum Gasteiger partial charge on any atom is -0.468 e. The van der Waals surface area contributed by atoms with Crippen molar-refractivity contribution in [2.45, 2.75) is 5.92 Å². The molecular formula is C19H14O5. The van der Waals surface area contributed by atoms with Crippen molar-refractivity contribution in [3.63, 3.8) is 0 Å². The minimum absolute atomic E-state index is 0.250. The maximum atomic E-state index is 12.9. The van der Waals surface area contributed by atoms with Crippen LogP contribution in [-0.2, 0) is 14.3 Å². The van der Waals surface area contributed by atoms with Crippen molar-refractivity contribution >= 4 is 17.7 Å². The van der Waals surface area contributed by atoms with E-state index >= 15 is 0 Å². The van der Waals surface area contributed by atoms with Crippen LogP contribution in [0.2, 0.25) is 0 Å². The quantitative estimate of drug-likeness (QED) is 0.375. The molecule has 1 aliphatic carbocycles. The standard InChI is InChI=1S/C19H14O5/c1-23-17(21)19-14(12-9-5-6-10-13(12)24-18(19)22)15(19)16(20)11-7-3-2-4-8-11/h2-10,14-15H,1H3/t14-,15+,19-/m1/s1. The predicted octanol–water partition coefficient (Wildman–Crippen LogP) is 2.36. The first-order valence-electron chi connectivity index (χ1n) is 7.61. The van der Waals surface area contributed by atoms with Crippen LogP contribution in [0.1, 0.15) is 21.8 Å². The molecule has 0 bridgehead atoms. The van der Waals surface area contributed by atoms with Crippen LogP contribution in [0, 0.1) is 11.3 Å². The van der Waals surface area contributed by atoms with Gasteiger partial charge in [-0.3, -0.25) is 14.4 Å². The van der Waals surface area contributed by atoms with Gasteiger partial charge in [0.2, 0.25) is 0 Å². The first kappa shape index (κ1) is 14.6. The Hall–Kier alpha value is -2.95. The molecule has 2 aliphatic rings. The zero-order chi connectivity index (χ0) is 16.9. The number of ketones is 1. The molecule has 0 aromatic heterocycles. The fourth-order valence-corrected chi connectivity index (χ4v) is 3.73. The van der Waals surface area contributed by atoms with E-state index in [1.165, 1.54) is 7.11 Å². The Balaban J connectivity index is 1.85. The molecule has 0 amide bonds. The Labute approximate surface area is 138 Å². The van der Waals surface area contributed by atoms with Gasteiger partial charge in [0.25, 0.3) is 0 Å². The molecule has 0 spiro atoms. The van der Waals surface area contributed by atoms with Gasteiger partial charge in [0.1, 0.15) is 5.75 Å². The van der Waals surface area contributed by atoms with Crippen LogP contribution in [0.4, 0.5) is 0 Å². The van der Waals surface area contributed by atoms with Crippen LogP contribution in [0.15, 0.2) is 54.6 Å². The average molecular weight is 322 g/mol. The van der Waals surface area contributed by atoms with Crippen molar-refractivity contribution in [2.75, 3.05) is 7.11 Å². The third kappa shape index (κ3) is 1.72. The summed E-state index contributed by atoms with van der Waals surface area (Å²) in [5, 5.41) is 0. The summed E-state index contributed by atoms with van der Waals surface area (Å²) < 4.78 is 10.2. The molecule has 1 aliphatic heterocycles. The Bertz CT molecular complexity index is 857. The van der Waals surface area contributed by atoms with Crippen LogP contribution >= 0.6 is 0 Å². The number of hydrogen-bond acceptors (Lipinski definition) is 5. The van der Waals surface area contributed by atoms with Gasteiger partial charge in [-0.15, -0.1) is 0 Å². The number of rotatable bonds is 3. The first-order chi connectivity index (χ1) is 11.6. The lowest BCUT2D eigenvalue weighted by Crippen LogP contribution is -2.37. The summed E-state index contributed by atoms with van der Waals surface area (Å²) in [6.45, 7) is 0. The van der Waals surface area contributed by atoms with Gasteiger partial charge >= 0.3 is 11.9 Å². The Morgan fingerprint density at radius 2 is 1.71 bits per heavy atom. The second-order valence-electron chi connectivity index (χ2n) is 5.97. The number of esters is 2. The number of carbonyl (C=O) groups excluding carboxylic acids is 3. The lowest BCUT2D eigenvalue weighted by molar-refractivity contribution is -0.159. The highest BCUT2D eigenvalue weighted by atomic mass is 16.6. The van der Waals surface area contributed by atoms with Crippen molar-refractivity contribution < 1.29 is 23.9 Å². The van der Waals surface area contributed by atoms with E-state index in [4.69, 9.17) is 9.47 Å². The maximum absolute atomic E-state index is 12.9. The number of methoxy groups -OCH3 is 1. The van der Waals surface area contributed by atoms with Crippen LogP contribution < -0.4 is 4.74 Å². The van der Waals surface area contributed by atoms with Crippen molar-refractivity contribution in [2.24, 2.45) is 11.3 Å². The van der Waals surface area contributed by atoms with Gasteiger partial charge in [-0.05, 0) is 6.07 Å². The largest absolute Gasteiger partial charge is 0.468 e. The first-order valence-corrected chi connectivity index (χ1v) is 7.61. The monoisotopic (exact) mass is 322 g/mol. The van der Waals surface area contributed by atoms with Crippen molar-refractivity contribution in [1.29, 1.82) is 0 Å². The molecular weight excluding hydrogens is 308 g/mol. The fourth-order valence-electron chi connectivity index (χ4n) is 3.73. The molecule has 24 heavy (non-hydrogen) atoms. The lowest BCUT2D eigenvalue weighted by Gasteiger charge is -2.20. The summed E-state index contributed by atoms with van der Waals surface area (Å²) in [4.78, 5) is 38.0. The van der Waals surface area contributed by atoms with E-state index in [0.717, 1.165) is 0 Å². The van der Waals surface area contributed by atoms with E-state index in [1.807, 2.05) is 0 Å². The molecule has 4 rings (SSSR count). The SMILES string of the molecule is COC(=O)[C@@]12C(=O)Oc3ccccc3[C@@H]1[C@H]2C(=O)c1ccccc1. The molecule has 1 saturated carbocycles. The fraction of sp³-hybridized carbons (Fsp3) is 0.211. The number of Topliss-reactive ketones (excluding diaryl/α,β-unsaturated/α-hetero) is 1. The van der Waals surface area contributed by atoms with Gasteiger partial charge in [0.15, 0.2) is 11.2 Å². The molecule has 0 N–H and O–H groups in total. The molecule has 120 valence electrons. The van der Waals surface area contributed by atoms with E-state index in [0.29, 0.717) is 16.9 Å². The zero-order valence-electron chi connectivity index (χ0n) is 12.9. The van der Waals surface area contributed by atoms with E-state index in [-0.39, 0.29) is 5.78 Å². The van der Waals surface area contributed by atoms with Gasteiger partial charge in [-0.1, -0.05) is 48.5 Å². The number of ether oxygens (including phenoxy) is 2. The molecule has 1 heterocycles. The van der Waals surface area contributed by atoms with Crippen LogP contribution in [0.25, 0.3) is 0 Å². The number of carbonyl (C=O) groups is 3. The third-order valence-electron chi connectivity index (χ3n) is 4.86. The van der Waals surface area contributed by atoms with Gasteiger partial charge in [-0.2, -0.15) is 0 Å². The predicted molar refractivity (Wildman–Crippen MR) is 83.5 cm³/mol. The Kier molecular flexibility index (Phi) is 3.06. The molecule has 1 fully saturated rings. The number of para-hydroxylation sites is 1. The van der Waals surface area contributed by atoms with Gasteiger partial charge in [-0.25, -0.2) is 0 Å². The molecule has 5 heteroatoms. The van der Waals surface area contributed by atoms with Crippen molar-refractivity contribution in [3.8, 4) is 5.75 Å². The molecule has 2 aromatic rings. The molecule has 3 atom stereocenters. The normalized spacial score (nSPS) is 26.6. The second-order valence-corrected chi connectivity index (χ2v) is 5.97. The summed E-state index contributed by atoms with van der Waals surface area (Å²) in [6, 6.07) is 15.6.